The molecule has 0 unspecified atom stereocenters. The van der Waals surface area contributed by atoms with Gasteiger partial charge in [-0.1, -0.05) is 6.07 Å². The Bertz CT molecular complexity index is 607. The number of carbonyl (C=O) groups is 1. The molecular weight excluding hydrogens is 258 g/mol. The smallest absolute Gasteiger partial charge is 0.344 e. The molecule has 6 nitrogen and oxygen atoms in total. The summed E-state index contributed by atoms with van der Waals surface area (Å²) in [4.78, 5) is 12.1. The Morgan fingerprint density at radius 1 is 1.40 bits per heavy atom. The van der Waals surface area contributed by atoms with Gasteiger partial charge >= 0.3 is 5.97 Å². The fraction of sp³-hybridized carbons (Fsp3) is 0.286. The molecule has 0 fully saturated rings. The van der Waals surface area contributed by atoms with Crippen LogP contribution in [0.5, 0.6) is 5.75 Å². The third kappa shape index (κ3) is 3.09. The molecule has 2 aromatic rings. The van der Waals surface area contributed by atoms with E-state index in [0.717, 1.165) is 0 Å². The van der Waals surface area contributed by atoms with E-state index in [0.29, 0.717) is 23.7 Å². The number of hydrogen-bond acceptors (Lipinski definition) is 5. The second-order valence-corrected chi connectivity index (χ2v) is 4.21. The van der Waals surface area contributed by atoms with Crippen molar-refractivity contribution in [1.29, 1.82) is 0 Å². The zero-order chi connectivity index (χ0) is 14.5. The molecule has 0 spiro atoms. The van der Waals surface area contributed by atoms with Crippen molar-refractivity contribution in [1.82, 2.24) is 9.78 Å². The lowest BCUT2D eigenvalue weighted by atomic mass is 10.1. The second-order valence-electron chi connectivity index (χ2n) is 4.21. The molecule has 0 aliphatic heterocycles. The fourth-order valence-electron chi connectivity index (χ4n) is 1.79. The zero-order valence-electron chi connectivity index (χ0n) is 11.5. The highest BCUT2D eigenvalue weighted by Gasteiger charge is 2.18. The van der Waals surface area contributed by atoms with Gasteiger partial charge in [-0.3, -0.25) is 4.68 Å². The Morgan fingerprint density at radius 2 is 2.20 bits per heavy atom. The van der Waals surface area contributed by atoms with Crippen LogP contribution in [0.3, 0.4) is 0 Å². The number of ether oxygens (including phenoxy) is 2. The molecular formula is C14H17N3O3. The van der Waals surface area contributed by atoms with Crippen LogP contribution in [0.1, 0.15) is 23.0 Å². The molecule has 0 saturated carbocycles. The van der Waals surface area contributed by atoms with Crippen molar-refractivity contribution in [2.75, 3.05) is 12.3 Å². The number of anilines is 1. The first-order valence-corrected chi connectivity index (χ1v) is 6.28. The van der Waals surface area contributed by atoms with Crippen LogP contribution >= 0.6 is 0 Å². The molecule has 0 bridgehead atoms. The van der Waals surface area contributed by atoms with E-state index in [-0.39, 0.29) is 12.2 Å². The van der Waals surface area contributed by atoms with Crippen LogP contribution < -0.4 is 10.5 Å². The minimum absolute atomic E-state index is 0.0968. The van der Waals surface area contributed by atoms with Gasteiger partial charge in [0, 0.05) is 18.9 Å². The van der Waals surface area contributed by atoms with Crippen LogP contribution in [0.25, 0.3) is 0 Å². The van der Waals surface area contributed by atoms with Gasteiger partial charge < -0.3 is 15.2 Å². The quantitative estimate of drug-likeness (QED) is 0.664. The highest BCUT2D eigenvalue weighted by atomic mass is 16.5. The van der Waals surface area contributed by atoms with E-state index < -0.39 is 5.97 Å². The van der Waals surface area contributed by atoms with Gasteiger partial charge in [0.15, 0.2) is 0 Å². The second kappa shape index (κ2) is 6.10. The molecule has 0 aliphatic carbocycles. The first-order valence-electron chi connectivity index (χ1n) is 6.28. The maximum absolute atomic E-state index is 12.1. The Morgan fingerprint density at radius 3 is 2.85 bits per heavy atom. The number of esters is 1. The Labute approximate surface area is 117 Å². The summed E-state index contributed by atoms with van der Waals surface area (Å²) in [6.45, 7) is 2.38. The summed E-state index contributed by atoms with van der Waals surface area (Å²) >= 11 is 0. The number of carbonyl (C=O) groups excluding carboxylic acids is 1. The summed E-state index contributed by atoms with van der Waals surface area (Å²) in [5.74, 6) is -0.0873. The van der Waals surface area contributed by atoms with Gasteiger partial charge in [-0.05, 0) is 25.1 Å². The molecule has 20 heavy (non-hydrogen) atoms. The molecule has 1 aromatic heterocycles. The molecule has 106 valence electrons. The predicted octanol–water partition coefficient (Wildman–Crippen LogP) is 1.76. The van der Waals surface area contributed by atoms with E-state index in [1.165, 1.54) is 0 Å². The first kappa shape index (κ1) is 13.9. The normalized spacial score (nSPS) is 10.3. The lowest BCUT2D eigenvalue weighted by Gasteiger charge is -2.11. The Hall–Kier alpha value is -2.50. The minimum Gasteiger partial charge on any atom is -0.493 e. The number of nitrogens with zero attached hydrogens (tertiary/aromatic N) is 2. The fourth-order valence-corrected chi connectivity index (χ4v) is 1.79. The number of aryl methyl sites for hydroxylation is 1. The molecule has 0 saturated heterocycles. The largest absolute Gasteiger partial charge is 0.493 e. The van der Waals surface area contributed by atoms with Crippen molar-refractivity contribution in [3.8, 4) is 5.75 Å². The summed E-state index contributed by atoms with van der Waals surface area (Å²) in [7, 11) is 1.80. The molecule has 1 heterocycles. The van der Waals surface area contributed by atoms with Gasteiger partial charge in [0.25, 0.3) is 0 Å². The van der Waals surface area contributed by atoms with Gasteiger partial charge in [0.2, 0.25) is 0 Å². The van der Waals surface area contributed by atoms with Crippen LogP contribution in [0.4, 0.5) is 5.69 Å². The molecule has 2 N–H and O–H groups in total. The zero-order valence-corrected chi connectivity index (χ0v) is 11.5. The third-order valence-corrected chi connectivity index (χ3v) is 2.68. The average molecular weight is 275 g/mol. The number of aromatic nitrogens is 2. The monoisotopic (exact) mass is 275 g/mol. The third-order valence-electron chi connectivity index (χ3n) is 2.68. The molecule has 2 rings (SSSR count). The van der Waals surface area contributed by atoms with E-state index in [4.69, 9.17) is 15.2 Å². The Kier molecular flexibility index (Phi) is 4.24. The van der Waals surface area contributed by atoms with Gasteiger partial charge in [-0.25, -0.2) is 4.79 Å². The van der Waals surface area contributed by atoms with Crippen LogP contribution in [0, 0.1) is 0 Å². The maximum Gasteiger partial charge on any atom is 0.344 e. The highest BCUT2D eigenvalue weighted by molar-refractivity contribution is 5.98. The van der Waals surface area contributed by atoms with E-state index in [2.05, 4.69) is 5.10 Å². The Balaban J connectivity index is 2.12. The van der Waals surface area contributed by atoms with Crippen molar-refractivity contribution < 1.29 is 14.3 Å². The topological polar surface area (TPSA) is 79.4 Å². The number of benzene rings is 1. The van der Waals surface area contributed by atoms with E-state index in [9.17, 15) is 4.79 Å². The predicted molar refractivity (Wildman–Crippen MR) is 74.4 cm³/mol. The van der Waals surface area contributed by atoms with Crippen molar-refractivity contribution in [3.05, 3.63) is 41.7 Å². The average Bonchev–Trinajstić information content (AvgIpc) is 2.82. The van der Waals surface area contributed by atoms with Crippen LogP contribution in [0.2, 0.25) is 0 Å². The van der Waals surface area contributed by atoms with Crippen molar-refractivity contribution in [2.45, 2.75) is 13.5 Å². The summed E-state index contributed by atoms with van der Waals surface area (Å²) in [6.07, 6.45) is 1.78. The number of nitrogens with two attached hydrogens (primary N) is 1. The number of rotatable bonds is 5. The summed E-state index contributed by atoms with van der Waals surface area (Å²) < 4.78 is 12.3. The van der Waals surface area contributed by atoms with E-state index in [1.54, 1.807) is 42.2 Å². The van der Waals surface area contributed by atoms with Crippen LogP contribution in [-0.2, 0) is 18.4 Å². The first-order chi connectivity index (χ1) is 9.61. The summed E-state index contributed by atoms with van der Waals surface area (Å²) in [5.41, 5.74) is 7.09. The van der Waals surface area contributed by atoms with Crippen LogP contribution in [0.15, 0.2) is 30.5 Å². The summed E-state index contributed by atoms with van der Waals surface area (Å²) in [6, 6.07) is 6.85. The molecule has 0 amide bonds. The lowest BCUT2D eigenvalue weighted by molar-refractivity contribution is 0.0464. The molecule has 0 aliphatic rings. The van der Waals surface area contributed by atoms with Crippen LogP contribution in [-0.4, -0.2) is 22.4 Å². The van der Waals surface area contributed by atoms with Gasteiger partial charge in [0.05, 0.1) is 12.3 Å². The minimum atomic E-state index is -0.516. The summed E-state index contributed by atoms with van der Waals surface area (Å²) in [5, 5.41) is 4.13. The van der Waals surface area contributed by atoms with E-state index >= 15 is 0 Å². The molecule has 6 heteroatoms. The van der Waals surface area contributed by atoms with Gasteiger partial charge in [-0.15, -0.1) is 0 Å². The van der Waals surface area contributed by atoms with Crippen molar-refractivity contribution in [2.24, 2.45) is 7.05 Å². The van der Waals surface area contributed by atoms with Crippen molar-refractivity contribution in [3.63, 3.8) is 0 Å². The SMILES string of the molecule is CCOc1cccc(N)c1C(=O)OCc1ccn(C)n1. The maximum atomic E-state index is 12.1. The standard InChI is InChI=1S/C14H17N3O3/c1-3-19-12-6-4-5-11(15)13(12)14(18)20-9-10-7-8-17(2)16-10/h4-8H,3,9,15H2,1-2H3. The molecule has 0 atom stereocenters. The van der Waals surface area contributed by atoms with E-state index in [1.807, 2.05) is 6.92 Å². The number of hydrogen-bond donors (Lipinski definition) is 1. The molecule has 0 radical (unpaired) electrons. The van der Waals surface area contributed by atoms with Gasteiger partial charge in [0.1, 0.15) is 17.9 Å². The number of nitrogen functional groups attached to an aromatic ring is 1. The molecule has 1 aromatic carbocycles. The highest BCUT2D eigenvalue weighted by Crippen LogP contribution is 2.25. The lowest BCUT2D eigenvalue weighted by Crippen LogP contribution is -2.11. The van der Waals surface area contributed by atoms with Crippen molar-refractivity contribution >= 4 is 11.7 Å². The van der Waals surface area contributed by atoms with Gasteiger partial charge in [-0.2, -0.15) is 5.10 Å².